The summed E-state index contributed by atoms with van der Waals surface area (Å²) in [6, 6.07) is 11.2. The Morgan fingerprint density at radius 1 is 1.16 bits per heavy atom. The third-order valence-electron chi connectivity index (χ3n) is 5.99. The van der Waals surface area contributed by atoms with Crippen molar-refractivity contribution in [3.8, 4) is 11.3 Å². The van der Waals surface area contributed by atoms with Crippen molar-refractivity contribution in [3.05, 3.63) is 47.7 Å². The molecule has 1 amide bonds. The largest absolute Gasteiger partial charge is 0.378 e. The van der Waals surface area contributed by atoms with Crippen molar-refractivity contribution in [2.75, 3.05) is 37.8 Å². The lowest BCUT2D eigenvalue weighted by molar-refractivity contribution is 0.0304. The predicted molar refractivity (Wildman–Crippen MR) is 117 cm³/mol. The predicted octanol–water partition coefficient (Wildman–Crippen LogP) is 2.24. The van der Waals surface area contributed by atoms with E-state index in [1.807, 2.05) is 43.3 Å². The van der Waals surface area contributed by atoms with Gasteiger partial charge in [-0.15, -0.1) is 0 Å². The van der Waals surface area contributed by atoms with Gasteiger partial charge in [-0.2, -0.15) is 5.10 Å². The summed E-state index contributed by atoms with van der Waals surface area (Å²) >= 11 is 0. The smallest absolute Gasteiger partial charge is 0.254 e. The van der Waals surface area contributed by atoms with Crippen molar-refractivity contribution in [2.24, 2.45) is 0 Å². The number of carbonyl (C=O) groups excluding carboxylic acids is 1. The summed E-state index contributed by atoms with van der Waals surface area (Å²) in [5.41, 5.74) is 3.37. The minimum absolute atomic E-state index is 0.0488. The number of rotatable bonds is 3. The minimum atomic E-state index is -3.09. The number of pyridine rings is 1. The molecule has 2 fully saturated rings. The van der Waals surface area contributed by atoms with Gasteiger partial charge in [-0.1, -0.05) is 30.3 Å². The van der Waals surface area contributed by atoms with Gasteiger partial charge in [-0.25, -0.2) is 18.1 Å². The fourth-order valence-corrected chi connectivity index (χ4v) is 6.09. The van der Waals surface area contributed by atoms with Gasteiger partial charge < -0.3 is 9.64 Å². The van der Waals surface area contributed by atoms with Crippen LogP contribution in [0.1, 0.15) is 28.5 Å². The summed E-state index contributed by atoms with van der Waals surface area (Å²) in [5.74, 6) is 0.123. The summed E-state index contributed by atoms with van der Waals surface area (Å²) in [5, 5.41) is 5.35. The summed E-state index contributed by atoms with van der Waals surface area (Å²) in [6.45, 7) is 3.96. The number of aromatic nitrogens is 3. The van der Waals surface area contributed by atoms with Gasteiger partial charge in [-0.3, -0.25) is 4.79 Å². The molecule has 1 unspecified atom stereocenters. The monoisotopic (exact) mass is 440 g/mol. The van der Waals surface area contributed by atoms with Gasteiger partial charge in [0.25, 0.3) is 5.91 Å². The van der Waals surface area contributed by atoms with Crippen LogP contribution in [0.5, 0.6) is 0 Å². The van der Waals surface area contributed by atoms with E-state index in [1.165, 1.54) is 0 Å². The highest BCUT2D eigenvalue weighted by atomic mass is 32.2. The second-order valence-corrected chi connectivity index (χ2v) is 10.3. The molecule has 1 atom stereocenters. The van der Waals surface area contributed by atoms with Crippen LogP contribution in [0.25, 0.3) is 22.3 Å². The molecule has 0 N–H and O–H groups in total. The van der Waals surface area contributed by atoms with Crippen molar-refractivity contribution in [1.82, 2.24) is 19.7 Å². The first-order chi connectivity index (χ1) is 14.9. The Morgan fingerprint density at radius 2 is 1.90 bits per heavy atom. The standard InChI is InChI=1S/C22H24N4O4S/c1-15-20-18(22(27)25-8-10-30-11-9-25)13-19(16-5-3-2-4-6-16)23-21(20)26(24-15)17-7-12-31(28,29)14-17/h2-6,13,17H,7-12,14H2,1H3. The summed E-state index contributed by atoms with van der Waals surface area (Å²) < 4.78 is 31.3. The number of sulfone groups is 1. The second-order valence-electron chi connectivity index (χ2n) is 8.11. The molecule has 2 saturated heterocycles. The summed E-state index contributed by atoms with van der Waals surface area (Å²) in [7, 11) is -3.09. The molecule has 0 bridgehead atoms. The fourth-order valence-electron chi connectivity index (χ4n) is 4.40. The quantitative estimate of drug-likeness (QED) is 0.620. The fraction of sp³-hybridized carbons (Fsp3) is 0.409. The van der Waals surface area contributed by atoms with Crippen LogP contribution in [0.15, 0.2) is 36.4 Å². The van der Waals surface area contributed by atoms with Crippen LogP contribution in [0, 0.1) is 6.92 Å². The maximum Gasteiger partial charge on any atom is 0.254 e. The Balaban J connectivity index is 1.70. The highest BCUT2D eigenvalue weighted by Gasteiger charge is 2.33. The molecule has 31 heavy (non-hydrogen) atoms. The first-order valence-electron chi connectivity index (χ1n) is 10.5. The number of benzene rings is 1. The molecular formula is C22H24N4O4S. The van der Waals surface area contributed by atoms with E-state index in [4.69, 9.17) is 9.72 Å². The van der Waals surface area contributed by atoms with Gasteiger partial charge in [0.15, 0.2) is 15.5 Å². The lowest BCUT2D eigenvalue weighted by Crippen LogP contribution is -2.40. The number of hydrogen-bond donors (Lipinski definition) is 0. The van der Waals surface area contributed by atoms with E-state index in [0.29, 0.717) is 60.7 Å². The molecule has 0 spiro atoms. The van der Waals surface area contributed by atoms with Crippen molar-refractivity contribution in [2.45, 2.75) is 19.4 Å². The van der Waals surface area contributed by atoms with E-state index in [-0.39, 0.29) is 23.5 Å². The number of fused-ring (bicyclic) bond motifs is 1. The molecule has 2 aliphatic heterocycles. The first kappa shape index (κ1) is 20.1. The van der Waals surface area contributed by atoms with Crippen molar-refractivity contribution in [3.63, 3.8) is 0 Å². The van der Waals surface area contributed by atoms with Gasteiger partial charge in [-0.05, 0) is 19.4 Å². The number of ether oxygens (including phenoxy) is 1. The molecule has 2 aliphatic rings. The molecule has 162 valence electrons. The number of hydrogen-bond acceptors (Lipinski definition) is 6. The van der Waals surface area contributed by atoms with E-state index in [2.05, 4.69) is 5.10 Å². The van der Waals surface area contributed by atoms with Gasteiger partial charge in [0.2, 0.25) is 0 Å². The van der Waals surface area contributed by atoms with Crippen molar-refractivity contribution >= 4 is 26.8 Å². The topological polar surface area (TPSA) is 94.4 Å². The highest BCUT2D eigenvalue weighted by molar-refractivity contribution is 7.91. The number of aryl methyl sites for hydroxylation is 1. The lowest BCUT2D eigenvalue weighted by atomic mass is 10.0. The van der Waals surface area contributed by atoms with Crippen LogP contribution in [-0.2, 0) is 14.6 Å². The van der Waals surface area contributed by atoms with Gasteiger partial charge >= 0.3 is 0 Å². The molecule has 5 rings (SSSR count). The Kier molecular flexibility index (Phi) is 5.02. The van der Waals surface area contributed by atoms with Gasteiger partial charge in [0.05, 0.1) is 53.1 Å². The Bertz CT molecular complexity index is 1250. The van der Waals surface area contributed by atoms with E-state index >= 15 is 0 Å². The minimum Gasteiger partial charge on any atom is -0.378 e. The van der Waals surface area contributed by atoms with E-state index in [9.17, 15) is 13.2 Å². The van der Waals surface area contributed by atoms with Crippen LogP contribution in [0.4, 0.5) is 0 Å². The average Bonchev–Trinajstić information content (AvgIpc) is 3.32. The zero-order valence-corrected chi connectivity index (χ0v) is 18.1. The van der Waals surface area contributed by atoms with Crippen molar-refractivity contribution < 1.29 is 17.9 Å². The molecule has 1 aromatic carbocycles. The van der Waals surface area contributed by atoms with Crippen LogP contribution in [0.2, 0.25) is 0 Å². The zero-order chi connectivity index (χ0) is 21.6. The first-order valence-corrected chi connectivity index (χ1v) is 12.3. The van der Waals surface area contributed by atoms with Crippen molar-refractivity contribution in [1.29, 1.82) is 0 Å². The zero-order valence-electron chi connectivity index (χ0n) is 17.3. The Hall–Kier alpha value is -2.78. The molecule has 4 heterocycles. The second kappa shape index (κ2) is 7.72. The third kappa shape index (κ3) is 3.72. The molecule has 0 aliphatic carbocycles. The van der Waals surface area contributed by atoms with Crippen LogP contribution in [-0.4, -0.2) is 71.8 Å². The van der Waals surface area contributed by atoms with E-state index in [1.54, 1.807) is 9.58 Å². The maximum absolute atomic E-state index is 13.5. The molecular weight excluding hydrogens is 416 g/mol. The molecule has 8 nitrogen and oxygen atoms in total. The van der Waals surface area contributed by atoms with Crippen LogP contribution in [0.3, 0.4) is 0 Å². The Labute approximate surface area is 180 Å². The average molecular weight is 441 g/mol. The molecule has 0 saturated carbocycles. The van der Waals surface area contributed by atoms with Crippen LogP contribution < -0.4 is 0 Å². The van der Waals surface area contributed by atoms with Gasteiger partial charge in [0.1, 0.15) is 0 Å². The van der Waals surface area contributed by atoms with E-state index in [0.717, 1.165) is 5.56 Å². The third-order valence-corrected chi connectivity index (χ3v) is 7.74. The number of amides is 1. The number of carbonyl (C=O) groups is 1. The lowest BCUT2D eigenvalue weighted by Gasteiger charge is -2.27. The van der Waals surface area contributed by atoms with Crippen LogP contribution >= 0.6 is 0 Å². The molecule has 0 radical (unpaired) electrons. The summed E-state index contributed by atoms with van der Waals surface area (Å²) in [4.78, 5) is 20.1. The molecule has 3 aromatic rings. The maximum atomic E-state index is 13.5. The highest BCUT2D eigenvalue weighted by Crippen LogP contribution is 2.32. The molecule has 9 heteroatoms. The molecule has 2 aromatic heterocycles. The number of morpholine rings is 1. The van der Waals surface area contributed by atoms with Gasteiger partial charge in [0, 0.05) is 18.7 Å². The SMILES string of the molecule is Cc1nn(C2CCS(=O)(=O)C2)c2nc(-c3ccccc3)cc(C(=O)N3CCOCC3)c12. The normalized spacial score (nSPS) is 20.9. The van der Waals surface area contributed by atoms with E-state index < -0.39 is 9.84 Å². The number of nitrogens with zero attached hydrogens (tertiary/aromatic N) is 4. The Morgan fingerprint density at radius 3 is 2.58 bits per heavy atom. The summed E-state index contributed by atoms with van der Waals surface area (Å²) in [6.07, 6.45) is 0.503.